The second-order valence-electron chi connectivity index (χ2n) is 5.29. The molecule has 0 amide bonds. The third kappa shape index (κ3) is 3.78. The average molecular weight is 331 g/mol. The second-order valence-corrected chi connectivity index (χ2v) is 6.56. The lowest BCUT2D eigenvalue weighted by Crippen LogP contribution is -2.10. The molecule has 1 heterocycles. The molecule has 6 heteroatoms. The zero-order valence-corrected chi connectivity index (χ0v) is 13.5. The van der Waals surface area contributed by atoms with Crippen molar-refractivity contribution in [3.05, 3.63) is 65.7 Å². The van der Waals surface area contributed by atoms with E-state index in [0.29, 0.717) is 12.1 Å². The molecule has 5 nitrogen and oxygen atoms in total. The maximum Gasteiger partial charge on any atom is 0.381 e. The fourth-order valence-corrected chi connectivity index (χ4v) is 3.42. The highest BCUT2D eigenvalue weighted by Crippen LogP contribution is 2.30. The minimum atomic E-state index is -3.75. The smallest absolute Gasteiger partial charge is 0.381 e. The van der Waals surface area contributed by atoms with E-state index in [1.165, 1.54) is 0 Å². The molecule has 3 rings (SSSR count). The quantitative estimate of drug-likeness (QED) is 0.845. The molecule has 0 radical (unpaired) electrons. The van der Waals surface area contributed by atoms with Gasteiger partial charge in [-0.1, -0.05) is 42.5 Å². The topological polar surface area (TPSA) is 65.0 Å². The monoisotopic (exact) mass is 331 g/mol. The van der Waals surface area contributed by atoms with Gasteiger partial charge in [0.1, 0.15) is 12.4 Å². The number of nitrogens with zero attached hydrogens (tertiary/aromatic N) is 1. The van der Waals surface area contributed by atoms with Gasteiger partial charge in [-0.2, -0.15) is 8.42 Å². The number of hydrogen-bond donors (Lipinski definition) is 0. The van der Waals surface area contributed by atoms with Crippen LogP contribution in [0.5, 0.6) is 5.75 Å². The minimum Gasteiger partial charge on any atom is -0.497 e. The van der Waals surface area contributed by atoms with Crippen LogP contribution < -0.4 is 4.74 Å². The maximum atomic E-state index is 11.4. The standard InChI is InChI=1S/C17H17NO4S/c1-21-16-9-7-14(8-10-16)17(13-5-3-2-4-6-13)11-15-12-22-23(19,20)18-15/h2-10,17H,11-12H2,1H3/t17-/m1/s1. The van der Waals surface area contributed by atoms with Crippen molar-refractivity contribution in [3.63, 3.8) is 0 Å². The molecule has 2 aromatic rings. The summed E-state index contributed by atoms with van der Waals surface area (Å²) >= 11 is 0. The van der Waals surface area contributed by atoms with Crippen LogP contribution in [0.4, 0.5) is 0 Å². The summed E-state index contributed by atoms with van der Waals surface area (Å²) in [6.07, 6.45) is 0.496. The van der Waals surface area contributed by atoms with Crippen LogP contribution in [0.15, 0.2) is 59.0 Å². The molecule has 0 unspecified atom stereocenters. The minimum absolute atomic E-state index is 0.0118. The summed E-state index contributed by atoms with van der Waals surface area (Å²) in [6, 6.07) is 17.7. The highest BCUT2D eigenvalue weighted by Gasteiger charge is 2.25. The first-order valence-corrected chi connectivity index (χ1v) is 8.60. The van der Waals surface area contributed by atoms with Crippen molar-refractivity contribution in [1.29, 1.82) is 0 Å². The van der Waals surface area contributed by atoms with Gasteiger partial charge in [-0.15, -0.1) is 4.40 Å². The van der Waals surface area contributed by atoms with E-state index in [1.54, 1.807) is 7.11 Å². The lowest BCUT2D eigenvalue weighted by atomic mass is 9.87. The Bertz CT molecular complexity index is 798. The van der Waals surface area contributed by atoms with Gasteiger partial charge < -0.3 is 4.74 Å². The molecule has 120 valence electrons. The molecule has 1 aliphatic heterocycles. The van der Waals surface area contributed by atoms with Gasteiger partial charge in [0.2, 0.25) is 0 Å². The molecular formula is C17H17NO4S. The van der Waals surface area contributed by atoms with Crippen LogP contribution in [0.3, 0.4) is 0 Å². The largest absolute Gasteiger partial charge is 0.497 e. The van der Waals surface area contributed by atoms with Crippen LogP contribution in [0, 0.1) is 0 Å². The van der Waals surface area contributed by atoms with Gasteiger partial charge in [-0.05, 0) is 23.3 Å². The van der Waals surface area contributed by atoms with E-state index in [1.807, 2.05) is 54.6 Å². The van der Waals surface area contributed by atoms with E-state index in [0.717, 1.165) is 16.9 Å². The Hall–Kier alpha value is -2.18. The Morgan fingerprint density at radius 3 is 2.30 bits per heavy atom. The van der Waals surface area contributed by atoms with Gasteiger partial charge in [-0.25, -0.2) is 4.18 Å². The maximum absolute atomic E-state index is 11.4. The van der Waals surface area contributed by atoms with Crippen molar-refractivity contribution < 1.29 is 17.3 Å². The second kappa shape index (κ2) is 6.52. The van der Waals surface area contributed by atoms with E-state index in [4.69, 9.17) is 8.92 Å². The zero-order chi connectivity index (χ0) is 16.3. The van der Waals surface area contributed by atoms with Crippen molar-refractivity contribution in [2.45, 2.75) is 12.3 Å². The Balaban J connectivity index is 1.94. The van der Waals surface area contributed by atoms with Crippen LogP contribution in [0.1, 0.15) is 23.5 Å². The lowest BCUT2D eigenvalue weighted by Gasteiger charge is -2.18. The number of methoxy groups -OCH3 is 1. The predicted octanol–water partition coefficient (Wildman–Crippen LogP) is 2.93. The first-order chi connectivity index (χ1) is 11.1. The summed E-state index contributed by atoms with van der Waals surface area (Å²) in [5, 5.41) is 0. The molecule has 0 aliphatic carbocycles. The van der Waals surface area contributed by atoms with Crippen molar-refractivity contribution >= 4 is 16.0 Å². The molecule has 0 saturated heterocycles. The highest BCUT2D eigenvalue weighted by molar-refractivity contribution is 7.85. The summed E-state index contributed by atoms with van der Waals surface area (Å²) in [5.74, 6) is 0.794. The highest BCUT2D eigenvalue weighted by atomic mass is 32.2. The number of ether oxygens (including phenoxy) is 1. The molecule has 23 heavy (non-hydrogen) atoms. The van der Waals surface area contributed by atoms with Crippen LogP contribution in [0.2, 0.25) is 0 Å². The van der Waals surface area contributed by atoms with Gasteiger partial charge in [0, 0.05) is 12.3 Å². The van der Waals surface area contributed by atoms with Gasteiger partial charge in [0.25, 0.3) is 0 Å². The van der Waals surface area contributed by atoms with Crippen molar-refractivity contribution in [2.75, 3.05) is 13.7 Å². The van der Waals surface area contributed by atoms with E-state index < -0.39 is 10.3 Å². The lowest BCUT2D eigenvalue weighted by molar-refractivity contribution is 0.380. The van der Waals surface area contributed by atoms with Gasteiger partial charge in [0.05, 0.1) is 12.8 Å². The molecule has 0 aromatic heterocycles. The molecule has 2 aromatic carbocycles. The number of rotatable bonds is 5. The first kappa shape index (κ1) is 15.7. The Labute approximate surface area is 135 Å². The van der Waals surface area contributed by atoms with Crippen molar-refractivity contribution in [1.82, 2.24) is 0 Å². The molecule has 0 spiro atoms. The number of benzene rings is 2. The van der Waals surface area contributed by atoms with Crippen LogP contribution >= 0.6 is 0 Å². The fourth-order valence-electron chi connectivity index (χ4n) is 2.63. The van der Waals surface area contributed by atoms with Crippen LogP contribution in [0.25, 0.3) is 0 Å². The van der Waals surface area contributed by atoms with Gasteiger partial charge >= 0.3 is 10.3 Å². The fraction of sp³-hybridized carbons (Fsp3) is 0.235. The van der Waals surface area contributed by atoms with Crippen molar-refractivity contribution in [2.24, 2.45) is 4.40 Å². The molecule has 0 bridgehead atoms. The van der Waals surface area contributed by atoms with E-state index in [2.05, 4.69) is 4.40 Å². The van der Waals surface area contributed by atoms with Gasteiger partial charge in [0.15, 0.2) is 0 Å². The average Bonchev–Trinajstić information content (AvgIpc) is 2.92. The molecule has 1 aliphatic rings. The summed E-state index contributed by atoms with van der Waals surface area (Å²) < 4.78 is 36.3. The third-order valence-corrected chi connectivity index (χ3v) is 4.67. The van der Waals surface area contributed by atoms with E-state index in [9.17, 15) is 8.42 Å². The summed E-state index contributed by atoms with van der Waals surface area (Å²) in [7, 11) is -2.12. The van der Waals surface area contributed by atoms with Gasteiger partial charge in [-0.3, -0.25) is 0 Å². The van der Waals surface area contributed by atoms with E-state index in [-0.39, 0.29) is 12.5 Å². The summed E-state index contributed by atoms with van der Waals surface area (Å²) in [4.78, 5) is 0. The molecule has 0 N–H and O–H groups in total. The molecule has 1 atom stereocenters. The Kier molecular flexibility index (Phi) is 4.45. The third-order valence-electron chi connectivity index (χ3n) is 3.78. The summed E-state index contributed by atoms with van der Waals surface area (Å²) in [6.45, 7) is 0.0296. The van der Waals surface area contributed by atoms with Crippen LogP contribution in [-0.4, -0.2) is 27.8 Å². The zero-order valence-electron chi connectivity index (χ0n) is 12.7. The summed E-state index contributed by atoms with van der Waals surface area (Å²) in [5.41, 5.74) is 2.71. The molecule has 0 fully saturated rings. The van der Waals surface area contributed by atoms with E-state index >= 15 is 0 Å². The first-order valence-electron chi connectivity index (χ1n) is 7.23. The Morgan fingerprint density at radius 2 is 1.74 bits per heavy atom. The number of hydrogen-bond acceptors (Lipinski definition) is 4. The molecule has 0 saturated carbocycles. The normalized spacial score (nSPS) is 17.5. The van der Waals surface area contributed by atoms with Crippen molar-refractivity contribution in [3.8, 4) is 5.75 Å². The Morgan fingerprint density at radius 1 is 1.09 bits per heavy atom. The molecular weight excluding hydrogens is 314 g/mol. The predicted molar refractivity (Wildman–Crippen MR) is 88.2 cm³/mol. The van der Waals surface area contributed by atoms with Crippen LogP contribution in [-0.2, 0) is 14.5 Å². The SMILES string of the molecule is COc1ccc([C@H](CC2=NS(=O)(=O)OC2)c2ccccc2)cc1.